The maximum absolute atomic E-state index is 12.2. The molecule has 1 aromatic rings. The van der Waals surface area contributed by atoms with Crippen LogP contribution in [0.15, 0.2) is 23.7 Å². The van der Waals surface area contributed by atoms with Gasteiger partial charge < -0.3 is 14.6 Å². The molecule has 6 heteroatoms. The predicted octanol–water partition coefficient (Wildman–Crippen LogP) is 3.36. The van der Waals surface area contributed by atoms with E-state index < -0.39 is 18.3 Å². The first-order valence-electron chi connectivity index (χ1n) is 9.56. The topological polar surface area (TPSA) is 64.6 Å². The molecule has 0 saturated carbocycles. The van der Waals surface area contributed by atoms with E-state index in [1.165, 1.54) is 6.92 Å². The van der Waals surface area contributed by atoms with Gasteiger partial charge in [-0.1, -0.05) is 18.2 Å². The molecule has 0 unspecified atom stereocenters. The number of hydrogen-bond donors (Lipinski definition) is 1. The fourth-order valence-corrected chi connectivity index (χ4v) is 3.37. The molecule has 144 valence electrons. The number of nitrogens with one attached hydrogen (secondary N) is 1. The van der Waals surface area contributed by atoms with E-state index in [2.05, 4.69) is 5.32 Å². The van der Waals surface area contributed by atoms with E-state index in [9.17, 15) is 9.59 Å². The minimum absolute atomic E-state index is 0.113. The highest BCUT2D eigenvalue weighted by Gasteiger charge is 2.52. The summed E-state index contributed by atoms with van der Waals surface area (Å²) in [5.41, 5.74) is 2.74. The molecule has 27 heavy (non-hydrogen) atoms. The fourth-order valence-electron chi connectivity index (χ4n) is 3.37. The van der Waals surface area contributed by atoms with Crippen LogP contribution in [0, 0.1) is 0 Å². The first kappa shape index (κ1) is 19.8. The molecule has 0 bridgehead atoms. The van der Waals surface area contributed by atoms with Gasteiger partial charge in [0.25, 0.3) is 0 Å². The van der Waals surface area contributed by atoms with Gasteiger partial charge in [0.2, 0.25) is 5.91 Å². The van der Waals surface area contributed by atoms with E-state index >= 15 is 0 Å². The minimum atomic E-state index is -0.548. The molecule has 1 N–H and O–H groups in total. The monoisotopic (exact) mass is 369 g/mol. The van der Waals surface area contributed by atoms with Gasteiger partial charge in [0.05, 0.1) is 11.2 Å². The van der Waals surface area contributed by atoms with E-state index in [0.29, 0.717) is 13.0 Å². The molecule has 1 aliphatic carbocycles. The number of carbonyl (C=O) groups excluding carboxylic acids is 2. The maximum Gasteiger partial charge on any atom is 0.492 e. The van der Waals surface area contributed by atoms with Gasteiger partial charge >= 0.3 is 7.12 Å². The molecule has 0 aromatic heterocycles. The van der Waals surface area contributed by atoms with Crippen molar-refractivity contribution in [3.8, 4) is 0 Å². The third kappa shape index (κ3) is 4.17. The van der Waals surface area contributed by atoms with Gasteiger partial charge in [-0.05, 0) is 63.2 Å². The Bertz CT molecular complexity index is 781. The summed E-state index contributed by atoms with van der Waals surface area (Å²) in [6, 6.07) is 5.98. The minimum Gasteiger partial charge on any atom is -0.400 e. The quantitative estimate of drug-likeness (QED) is 0.827. The van der Waals surface area contributed by atoms with Gasteiger partial charge in [-0.3, -0.25) is 9.59 Å². The lowest BCUT2D eigenvalue weighted by Gasteiger charge is -2.32. The molecule has 1 fully saturated rings. The van der Waals surface area contributed by atoms with E-state index in [-0.39, 0.29) is 11.7 Å². The Balaban J connectivity index is 1.93. The lowest BCUT2D eigenvalue weighted by atomic mass is 9.76. The molecule has 5 nitrogen and oxygen atoms in total. The number of hydrogen-bond acceptors (Lipinski definition) is 4. The number of benzene rings is 1. The Morgan fingerprint density at radius 3 is 2.48 bits per heavy atom. The van der Waals surface area contributed by atoms with E-state index in [4.69, 9.17) is 9.31 Å². The SMILES string of the molecule is CC(=O)NCC(=Cc1ccc2c(c1)C(=O)CCC2)B1OC(C)(C)C(C)(C)O1. The molecule has 1 heterocycles. The van der Waals surface area contributed by atoms with E-state index in [1.54, 1.807) is 0 Å². The van der Waals surface area contributed by atoms with Gasteiger partial charge in [-0.2, -0.15) is 0 Å². The molecule has 0 atom stereocenters. The zero-order valence-electron chi connectivity index (χ0n) is 16.8. The summed E-state index contributed by atoms with van der Waals surface area (Å²) in [4.78, 5) is 23.7. The van der Waals surface area contributed by atoms with Gasteiger partial charge in [-0.25, -0.2) is 0 Å². The lowest BCUT2D eigenvalue weighted by molar-refractivity contribution is -0.118. The number of Topliss-reactive ketones (excluding diaryl/α,β-unsaturated/α-hetero) is 1. The van der Waals surface area contributed by atoms with Crippen LogP contribution < -0.4 is 5.32 Å². The van der Waals surface area contributed by atoms with Crippen LogP contribution in [0.2, 0.25) is 0 Å². The smallest absolute Gasteiger partial charge is 0.400 e. The van der Waals surface area contributed by atoms with Crippen LogP contribution in [0.25, 0.3) is 6.08 Å². The molecule has 1 saturated heterocycles. The highest BCUT2D eigenvalue weighted by molar-refractivity contribution is 6.56. The van der Waals surface area contributed by atoms with Crippen molar-refractivity contribution in [3.05, 3.63) is 40.4 Å². The van der Waals surface area contributed by atoms with Gasteiger partial charge in [-0.15, -0.1) is 0 Å². The first-order chi connectivity index (χ1) is 12.6. The van der Waals surface area contributed by atoms with Crippen LogP contribution in [0.5, 0.6) is 0 Å². The standard InChI is InChI=1S/C21H28BNO4/c1-14(24)23-13-17(22-26-20(2,3)21(4,5)27-22)11-15-9-10-16-7-6-8-19(25)18(16)12-15/h9-12H,6-8,13H2,1-5H3,(H,23,24). The summed E-state index contributed by atoms with van der Waals surface area (Å²) in [5, 5.41) is 2.83. The van der Waals surface area contributed by atoms with Crippen LogP contribution in [-0.4, -0.2) is 36.6 Å². The molecular weight excluding hydrogens is 341 g/mol. The fraction of sp³-hybridized carbons (Fsp3) is 0.524. The van der Waals surface area contributed by atoms with Crippen LogP contribution in [0.3, 0.4) is 0 Å². The maximum atomic E-state index is 12.2. The second-order valence-corrected chi connectivity index (χ2v) is 8.41. The normalized spacial score (nSPS) is 21.1. The van der Waals surface area contributed by atoms with Crippen LogP contribution in [0.1, 0.15) is 68.9 Å². The van der Waals surface area contributed by atoms with Crippen molar-refractivity contribution in [3.63, 3.8) is 0 Å². The molecule has 3 rings (SSSR count). The number of aryl methyl sites for hydroxylation is 1. The summed E-state index contributed by atoms with van der Waals surface area (Å²) >= 11 is 0. The van der Waals surface area contributed by atoms with Crippen molar-refractivity contribution < 1.29 is 18.9 Å². The molecule has 1 aromatic carbocycles. The largest absolute Gasteiger partial charge is 0.492 e. The number of ketones is 1. The Morgan fingerprint density at radius 2 is 1.85 bits per heavy atom. The Hall–Kier alpha value is -1.92. The van der Waals surface area contributed by atoms with Crippen molar-refractivity contribution in [1.29, 1.82) is 0 Å². The summed E-state index contributed by atoms with van der Waals surface area (Å²) in [5.74, 6) is 0.0866. The van der Waals surface area contributed by atoms with Gasteiger partial charge in [0.1, 0.15) is 0 Å². The predicted molar refractivity (Wildman–Crippen MR) is 106 cm³/mol. The van der Waals surface area contributed by atoms with Gasteiger partial charge in [0.15, 0.2) is 5.78 Å². The van der Waals surface area contributed by atoms with Crippen LogP contribution >= 0.6 is 0 Å². The van der Waals surface area contributed by atoms with E-state index in [1.807, 2.05) is 52.0 Å². The number of fused-ring (bicyclic) bond motifs is 1. The third-order valence-electron chi connectivity index (χ3n) is 5.73. The van der Waals surface area contributed by atoms with Crippen molar-refractivity contribution in [2.75, 3.05) is 6.54 Å². The van der Waals surface area contributed by atoms with Crippen molar-refractivity contribution in [2.45, 2.75) is 65.1 Å². The molecule has 2 aliphatic rings. The molecular formula is C21H28BNO4. The Kier molecular flexibility index (Phi) is 5.32. The lowest BCUT2D eigenvalue weighted by Crippen LogP contribution is -2.41. The van der Waals surface area contributed by atoms with Gasteiger partial charge in [0, 0.05) is 25.5 Å². The molecule has 0 spiro atoms. The van der Waals surface area contributed by atoms with Crippen molar-refractivity contribution in [1.82, 2.24) is 5.32 Å². The second kappa shape index (κ2) is 7.25. The first-order valence-corrected chi connectivity index (χ1v) is 9.56. The third-order valence-corrected chi connectivity index (χ3v) is 5.73. The zero-order chi connectivity index (χ0) is 19.8. The molecule has 1 aliphatic heterocycles. The van der Waals surface area contributed by atoms with Crippen molar-refractivity contribution in [2.24, 2.45) is 0 Å². The van der Waals surface area contributed by atoms with Crippen molar-refractivity contribution >= 4 is 24.9 Å². The Labute approximate surface area is 161 Å². The van der Waals surface area contributed by atoms with Crippen LogP contribution in [0.4, 0.5) is 0 Å². The number of rotatable bonds is 4. The summed E-state index contributed by atoms with van der Waals surface area (Å²) in [7, 11) is -0.548. The zero-order valence-corrected chi connectivity index (χ0v) is 16.8. The van der Waals surface area contributed by atoms with Crippen LogP contribution in [-0.2, 0) is 20.5 Å². The molecule has 1 amide bonds. The Morgan fingerprint density at radius 1 is 1.19 bits per heavy atom. The highest BCUT2D eigenvalue weighted by atomic mass is 16.7. The second-order valence-electron chi connectivity index (χ2n) is 8.41. The average molecular weight is 369 g/mol. The number of carbonyl (C=O) groups is 2. The van der Waals surface area contributed by atoms with E-state index in [0.717, 1.165) is 35.0 Å². The highest BCUT2D eigenvalue weighted by Crippen LogP contribution is 2.38. The summed E-state index contributed by atoms with van der Waals surface area (Å²) in [6.45, 7) is 9.82. The summed E-state index contributed by atoms with van der Waals surface area (Å²) in [6.07, 6.45) is 4.43. The summed E-state index contributed by atoms with van der Waals surface area (Å²) < 4.78 is 12.3. The average Bonchev–Trinajstić information content (AvgIpc) is 2.79. The molecule has 0 radical (unpaired) electrons. The number of amides is 1.